The molecule has 1 aromatic rings. The van der Waals surface area contributed by atoms with Gasteiger partial charge in [-0.3, -0.25) is 4.79 Å². The van der Waals surface area contributed by atoms with E-state index in [0.717, 1.165) is 6.07 Å². The van der Waals surface area contributed by atoms with E-state index in [2.05, 4.69) is 5.32 Å². The maximum Gasteiger partial charge on any atom is 0.418 e. The van der Waals surface area contributed by atoms with E-state index >= 15 is 0 Å². The molecule has 2 rings (SSSR count). The number of hydrogen-bond donors (Lipinski definition) is 2. The molecule has 1 fully saturated rings. The largest absolute Gasteiger partial charge is 0.418 e. The van der Waals surface area contributed by atoms with Gasteiger partial charge in [0.2, 0.25) is 5.91 Å². The number of nitrogens with one attached hydrogen (secondary N) is 1. The number of ether oxygens (including phenoxy) is 1. The van der Waals surface area contributed by atoms with Crippen LogP contribution in [-0.4, -0.2) is 25.2 Å². The van der Waals surface area contributed by atoms with Crippen molar-refractivity contribution in [3.8, 4) is 0 Å². The van der Waals surface area contributed by atoms with Crippen LogP contribution in [0.15, 0.2) is 18.2 Å². The number of carbonyl (C=O) groups excluding carboxylic acids is 1. The molecule has 110 valence electrons. The molecule has 1 aliphatic rings. The Morgan fingerprint density at radius 3 is 2.65 bits per heavy atom. The number of benzene rings is 1. The van der Waals surface area contributed by atoms with Crippen molar-refractivity contribution in [2.75, 3.05) is 18.5 Å². The lowest BCUT2D eigenvalue weighted by molar-refractivity contribution is -0.137. The number of hydrogen-bond acceptors (Lipinski definition) is 3. The molecule has 0 saturated carbocycles. The molecule has 1 saturated heterocycles. The lowest BCUT2D eigenvalue weighted by Gasteiger charge is -2.18. The third-order valence-electron chi connectivity index (χ3n) is 3.03. The molecular weight excluding hydrogens is 297 g/mol. The number of para-hydroxylation sites is 1. The van der Waals surface area contributed by atoms with E-state index in [-0.39, 0.29) is 18.2 Å². The zero-order chi connectivity index (χ0) is 14.9. The third kappa shape index (κ3) is 3.05. The first-order chi connectivity index (χ1) is 9.30. The zero-order valence-electron chi connectivity index (χ0n) is 10.2. The summed E-state index contributed by atoms with van der Waals surface area (Å²) in [6.45, 7) is 0.283. The Hall–Kier alpha value is -1.31. The molecule has 1 aliphatic heterocycles. The second-order valence-electron chi connectivity index (χ2n) is 4.46. The lowest BCUT2D eigenvalue weighted by atomic mass is 10.0. The van der Waals surface area contributed by atoms with E-state index in [1.807, 2.05) is 0 Å². The molecule has 0 spiro atoms. The molecule has 1 amide bonds. The van der Waals surface area contributed by atoms with Gasteiger partial charge in [0.15, 0.2) is 0 Å². The standard InChI is InChI=1S/C12H12ClF3N2O2/c13-8-3-1-2-7(12(14,15)16)10(8)18-11(19)6-4-20-5-9(6)17/h1-3,6,9H,4-5,17H2,(H,18,19). The summed E-state index contributed by atoms with van der Waals surface area (Å²) < 4.78 is 43.6. The Morgan fingerprint density at radius 1 is 1.40 bits per heavy atom. The zero-order valence-corrected chi connectivity index (χ0v) is 11.0. The number of amides is 1. The van der Waals surface area contributed by atoms with Gasteiger partial charge in [-0.25, -0.2) is 0 Å². The predicted molar refractivity (Wildman–Crippen MR) is 67.4 cm³/mol. The van der Waals surface area contributed by atoms with E-state index in [4.69, 9.17) is 22.1 Å². The van der Waals surface area contributed by atoms with E-state index in [1.165, 1.54) is 12.1 Å². The Labute approximate surface area is 118 Å². The van der Waals surface area contributed by atoms with Crippen LogP contribution < -0.4 is 11.1 Å². The highest BCUT2D eigenvalue weighted by atomic mass is 35.5. The molecule has 2 unspecified atom stereocenters. The van der Waals surface area contributed by atoms with Gasteiger partial charge in [-0.2, -0.15) is 13.2 Å². The van der Waals surface area contributed by atoms with Crippen molar-refractivity contribution in [2.45, 2.75) is 12.2 Å². The molecule has 1 aromatic carbocycles. The van der Waals surface area contributed by atoms with Crippen LogP contribution in [0.2, 0.25) is 5.02 Å². The number of halogens is 4. The van der Waals surface area contributed by atoms with E-state index in [1.54, 1.807) is 0 Å². The number of carbonyl (C=O) groups is 1. The first-order valence-electron chi connectivity index (χ1n) is 5.80. The maximum absolute atomic E-state index is 12.9. The highest BCUT2D eigenvalue weighted by molar-refractivity contribution is 6.34. The minimum absolute atomic E-state index is 0.0821. The minimum atomic E-state index is -4.61. The molecule has 8 heteroatoms. The van der Waals surface area contributed by atoms with Crippen LogP contribution in [0.25, 0.3) is 0 Å². The van der Waals surface area contributed by atoms with Gasteiger partial charge in [0.1, 0.15) is 0 Å². The first kappa shape index (κ1) is 15.1. The van der Waals surface area contributed by atoms with Crippen molar-refractivity contribution in [3.05, 3.63) is 28.8 Å². The smallest absolute Gasteiger partial charge is 0.379 e. The summed E-state index contributed by atoms with van der Waals surface area (Å²) in [6.07, 6.45) is -4.61. The Morgan fingerprint density at radius 2 is 2.10 bits per heavy atom. The Kier molecular flexibility index (Phi) is 4.22. The fourth-order valence-electron chi connectivity index (χ4n) is 1.94. The van der Waals surface area contributed by atoms with Crippen LogP contribution in [0, 0.1) is 5.92 Å². The summed E-state index contributed by atoms with van der Waals surface area (Å²) in [5.74, 6) is -1.32. The predicted octanol–water partition coefficient (Wildman–Crippen LogP) is 2.27. The van der Waals surface area contributed by atoms with E-state index < -0.39 is 35.3 Å². The van der Waals surface area contributed by atoms with Crippen molar-refractivity contribution in [1.29, 1.82) is 0 Å². The van der Waals surface area contributed by atoms with Crippen LogP contribution in [0.5, 0.6) is 0 Å². The molecule has 0 radical (unpaired) electrons. The van der Waals surface area contributed by atoms with Crippen LogP contribution >= 0.6 is 11.6 Å². The highest BCUT2D eigenvalue weighted by Gasteiger charge is 2.37. The molecule has 3 N–H and O–H groups in total. The minimum Gasteiger partial charge on any atom is -0.379 e. The maximum atomic E-state index is 12.9. The van der Waals surface area contributed by atoms with Gasteiger partial charge >= 0.3 is 6.18 Å². The third-order valence-corrected chi connectivity index (χ3v) is 3.34. The summed E-state index contributed by atoms with van der Waals surface area (Å²) in [7, 11) is 0. The Bertz CT molecular complexity index is 522. The average Bonchev–Trinajstić information content (AvgIpc) is 2.76. The molecule has 1 heterocycles. The summed E-state index contributed by atoms with van der Waals surface area (Å²) in [6, 6.07) is 2.77. The fourth-order valence-corrected chi connectivity index (χ4v) is 2.17. The quantitative estimate of drug-likeness (QED) is 0.881. The normalized spacial score (nSPS) is 22.9. The summed E-state index contributed by atoms with van der Waals surface area (Å²) in [4.78, 5) is 12.0. The van der Waals surface area contributed by atoms with Crippen LogP contribution in [0.1, 0.15) is 5.56 Å². The molecule has 4 nitrogen and oxygen atoms in total. The van der Waals surface area contributed by atoms with Crippen molar-refractivity contribution in [1.82, 2.24) is 0 Å². The van der Waals surface area contributed by atoms with E-state index in [0.29, 0.717) is 0 Å². The van der Waals surface area contributed by atoms with Crippen molar-refractivity contribution < 1.29 is 22.7 Å². The van der Waals surface area contributed by atoms with Crippen LogP contribution in [-0.2, 0) is 15.7 Å². The number of anilines is 1. The lowest BCUT2D eigenvalue weighted by Crippen LogP contribution is -2.37. The monoisotopic (exact) mass is 308 g/mol. The van der Waals surface area contributed by atoms with Gasteiger partial charge in [-0.15, -0.1) is 0 Å². The molecule has 20 heavy (non-hydrogen) atoms. The summed E-state index contributed by atoms with van der Waals surface area (Å²) >= 11 is 5.75. The molecule has 2 atom stereocenters. The van der Waals surface area contributed by atoms with Gasteiger partial charge in [-0.1, -0.05) is 17.7 Å². The molecule has 0 aliphatic carbocycles. The second kappa shape index (κ2) is 5.59. The Balaban J connectivity index is 2.27. The van der Waals surface area contributed by atoms with Gasteiger partial charge in [-0.05, 0) is 12.1 Å². The molecule has 0 bridgehead atoms. The highest BCUT2D eigenvalue weighted by Crippen LogP contribution is 2.38. The topological polar surface area (TPSA) is 64.3 Å². The van der Waals surface area contributed by atoms with Gasteiger partial charge in [0, 0.05) is 6.04 Å². The van der Waals surface area contributed by atoms with Crippen molar-refractivity contribution in [3.63, 3.8) is 0 Å². The van der Waals surface area contributed by atoms with Gasteiger partial charge in [0.05, 0.1) is 35.4 Å². The fraction of sp³-hybridized carbons (Fsp3) is 0.417. The average molecular weight is 309 g/mol. The van der Waals surface area contributed by atoms with Crippen molar-refractivity contribution >= 4 is 23.2 Å². The van der Waals surface area contributed by atoms with Gasteiger partial charge in [0.25, 0.3) is 0 Å². The van der Waals surface area contributed by atoms with Gasteiger partial charge < -0.3 is 15.8 Å². The van der Waals surface area contributed by atoms with E-state index in [9.17, 15) is 18.0 Å². The SMILES string of the molecule is NC1COCC1C(=O)Nc1c(Cl)cccc1C(F)(F)F. The molecular formula is C12H12ClF3N2O2. The summed E-state index contributed by atoms with van der Waals surface area (Å²) in [5.41, 5.74) is 4.21. The summed E-state index contributed by atoms with van der Waals surface area (Å²) in [5, 5.41) is 2.03. The van der Waals surface area contributed by atoms with Crippen LogP contribution in [0.4, 0.5) is 18.9 Å². The number of rotatable bonds is 2. The number of nitrogens with two attached hydrogens (primary N) is 1. The second-order valence-corrected chi connectivity index (χ2v) is 4.86. The molecule has 0 aromatic heterocycles. The first-order valence-corrected chi connectivity index (χ1v) is 6.18. The number of alkyl halides is 3. The van der Waals surface area contributed by atoms with Crippen molar-refractivity contribution in [2.24, 2.45) is 11.7 Å². The van der Waals surface area contributed by atoms with Crippen LogP contribution in [0.3, 0.4) is 0 Å².